The van der Waals surface area contributed by atoms with Gasteiger partial charge in [0.25, 0.3) is 0 Å². The van der Waals surface area contributed by atoms with E-state index in [0.29, 0.717) is 39.1 Å². The van der Waals surface area contributed by atoms with Crippen molar-refractivity contribution in [2.75, 3.05) is 72.9 Å². The molecule has 6 nitrogen and oxygen atoms in total. The maximum absolute atomic E-state index is 8.50. The first kappa shape index (κ1) is 17.8. The zero-order valence-corrected chi connectivity index (χ0v) is 12.7. The largest absolute Gasteiger partial charge is 0.394 e. The standard InChI is InChI=1S/C14H30N2O4/c1-16-5-2-14(3-6-16)15-4-8-18-10-12-20-13-11-19-9-7-17/h14-15,17H,2-13H2,1H3. The van der Waals surface area contributed by atoms with Gasteiger partial charge in [-0.1, -0.05) is 0 Å². The van der Waals surface area contributed by atoms with E-state index in [9.17, 15) is 0 Å². The SMILES string of the molecule is CN1CCC(NCCOCCOCCOCCO)CC1. The Morgan fingerprint density at radius 1 is 0.950 bits per heavy atom. The molecule has 0 radical (unpaired) electrons. The predicted molar refractivity (Wildman–Crippen MR) is 78.1 cm³/mol. The van der Waals surface area contributed by atoms with E-state index in [1.54, 1.807) is 0 Å². The quantitative estimate of drug-likeness (QED) is 0.482. The fourth-order valence-corrected chi connectivity index (χ4v) is 2.15. The van der Waals surface area contributed by atoms with Gasteiger partial charge in [-0.2, -0.15) is 0 Å². The normalized spacial score (nSPS) is 17.7. The Labute approximate surface area is 122 Å². The number of hydrogen-bond acceptors (Lipinski definition) is 6. The molecule has 1 aliphatic rings. The van der Waals surface area contributed by atoms with Gasteiger partial charge in [-0.15, -0.1) is 0 Å². The lowest BCUT2D eigenvalue weighted by atomic mass is 10.1. The second-order valence-electron chi connectivity index (χ2n) is 5.09. The molecule has 0 aromatic rings. The van der Waals surface area contributed by atoms with E-state index in [-0.39, 0.29) is 6.61 Å². The summed E-state index contributed by atoms with van der Waals surface area (Å²) in [7, 11) is 2.17. The van der Waals surface area contributed by atoms with E-state index in [2.05, 4.69) is 17.3 Å². The van der Waals surface area contributed by atoms with Gasteiger partial charge in [-0.3, -0.25) is 0 Å². The van der Waals surface area contributed by atoms with Crippen LogP contribution in [0.5, 0.6) is 0 Å². The summed E-state index contributed by atoms with van der Waals surface area (Å²) in [5.74, 6) is 0. The number of nitrogens with zero attached hydrogens (tertiary/aromatic N) is 1. The van der Waals surface area contributed by atoms with Gasteiger partial charge in [0.15, 0.2) is 0 Å². The first-order chi connectivity index (χ1) is 9.83. The molecule has 0 aromatic heterocycles. The molecule has 1 fully saturated rings. The minimum Gasteiger partial charge on any atom is -0.394 e. The number of ether oxygens (including phenoxy) is 3. The average molecular weight is 290 g/mol. The zero-order chi connectivity index (χ0) is 14.5. The van der Waals surface area contributed by atoms with Crippen molar-refractivity contribution in [1.29, 1.82) is 0 Å². The van der Waals surface area contributed by atoms with Crippen LogP contribution in [0.2, 0.25) is 0 Å². The lowest BCUT2D eigenvalue weighted by Gasteiger charge is -2.29. The van der Waals surface area contributed by atoms with Crippen molar-refractivity contribution in [3.8, 4) is 0 Å². The maximum Gasteiger partial charge on any atom is 0.0701 e. The Kier molecular flexibility index (Phi) is 11.1. The third kappa shape index (κ3) is 9.63. The van der Waals surface area contributed by atoms with Gasteiger partial charge in [-0.25, -0.2) is 0 Å². The van der Waals surface area contributed by atoms with Crippen molar-refractivity contribution in [2.24, 2.45) is 0 Å². The topological polar surface area (TPSA) is 63.2 Å². The Morgan fingerprint density at radius 3 is 2.10 bits per heavy atom. The fraction of sp³-hybridized carbons (Fsp3) is 1.00. The molecule has 1 rings (SSSR count). The number of nitrogens with one attached hydrogen (secondary N) is 1. The molecular weight excluding hydrogens is 260 g/mol. The minimum atomic E-state index is 0.0629. The molecule has 20 heavy (non-hydrogen) atoms. The van der Waals surface area contributed by atoms with Gasteiger partial charge in [0.2, 0.25) is 0 Å². The smallest absolute Gasteiger partial charge is 0.0701 e. The highest BCUT2D eigenvalue weighted by molar-refractivity contribution is 4.74. The molecule has 0 aromatic carbocycles. The summed E-state index contributed by atoms with van der Waals surface area (Å²) in [6.45, 7) is 6.75. The van der Waals surface area contributed by atoms with Crippen LogP contribution >= 0.6 is 0 Å². The Hall–Kier alpha value is -0.240. The van der Waals surface area contributed by atoms with E-state index < -0.39 is 0 Å². The highest BCUT2D eigenvalue weighted by Gasteiger charge is 2.15. The Morgan fingerprint density at radius 2 is 1.50 bits per heavy atom. The lowest BCUT2D eigenvalue weighted by molar-refractivity contribution is 0.00784. The van der Waals surface area contributed by atoms with Crippen molar-refractivity contribution in [1.82, 2.24) is 10.2 Å². The van der Waals surface area contributed by atoms with Crippen LogP contribution in [0.25, 0.3) is 0 Å². The van der Waals surface area contributed by atoms with Crippen molar-refractivity contribution in [3.05, 3.63) is 0 Å². The minimum absolute atomic E-state index is 0.0629. The third-order valence-electron chi connectivity index (χ3n) is 3.38. The number of hydrogen-bond donors (Lipinski definition) is 2. The zero-order valence-electron chi connectivity index (χ0n) is 12.7. The molecule has 0 aliphatic carbocycles. The molecule has 120 valence electrons. The predicted octanol–water partition coefficient (Wildman–Crippen LogP) is -0.288. The van der Waals surface area contributed by atoms with E-state index in [1.807, 2.05) is 0 Å². The van der Waals surface area contributed by atoms with Gasteiger partial charge >= 0.3 is 0 Å². The summed E-state index contributed by atoms with van der Waals surface area (Å²) < 4.78 is 15.9. The molecule has 1 aliphatic heterocycles. The van der Waals surface area contributed by atoms with Gasteiger partial charge < -0.3 is 29.5 Å². The summed E-state index contributed by atoms with van der Waals surface area (Å²) in [4.78, 5) is 2.37. The van der Waals surface area contributed by atoms with Crippen LogP contribution in [0.1, 0.15) is 12.8 Å². The highest BCUT2D eigenvalue weighted by atomic mass is 16.5. The number of likely N-dealkylation sites (tertiary alicyclic amines) is 1. The number of aliphatic hydroxyl groups is 1. The molecule has 0 atom stereocenters. The van der Waals surface area contributed by atoms with Crippen LogP contribution in [-0.2, 0) is 14.2 Å². The van der Waals surface area contributed by atoms with Gasteiger partial charge in [-0.05, 0) is 33.0 Å². The molecule has 0 saturated carbocycles. The molecule has 0 amide bonds. The summed E-state index contributed by atoms with van der Waals surface area (Å²) >= 11 is 0. The average Bonchev–Trinajstić information content (AvgIpc) is 2.47. The van der Waals surface area contributed by atoms with Crippen LogP contribution in [0.15, 0.2) is 0 Å². The second kappa shape index (κ2) is 12.5. The van der Waals surface area contributed by atoms with Crippen molar-refractivity contribution in [2.45, 2.75) is 18.9 Å². The fourth-order valence-electron chi connectivity index (χ4n) is 2.15. The summed E-state index contributed by atoms with van der Waals surface area (Å²) in [5, 5.41) is 12.0. The first-order valence-corrected chi connectivity index (χ1v) is 7.59. The Bertz CT molecular complexity index is 211. The van der Waals surface area contributed by atoms with Crippen LogP contribution in [-0.4, -0.2) is 89.0 Å². The number of aliphatic hydroxyl groups excluding tert-OH is 1. The molecule has 0 bridgehead atoms. The molecule has 6 heteroatoms. The van der Waals surface area contributed by atoms with E-state index in [0.717, 1.165) is 13.2 Å². The summed E-state index contributed by atoms with van der Waals surface area (Å²) in [5.41, 5.74) is 0. The number of piperidine rings is 1. The monoisotopic (exact) mass is 290 g/mol. The molecule has 2 N–H and O–H groups in total. The van der Waals surface area contributed by atoms with Gasteiger partial charge in [0.05, 0.1) is 46.2 Å². The third-order valence-corrected chi connectivity index (χ3v) is 3.38. The van der Waals surface area contributed by atoms with Crippen LogP contribution in [0.4, 0.5) is 0 Å². The maximum atomic E-state index is 8.50. The van der Waals surface area contributed by atoms with Crippen LogP contribution in [0.3, 0.4) is 0 Å². The second-order valence-corrected chi connectivity index (χ2v) is 5.09. The van der Waals surface area contributed by atoms with Crippen LogP contribution in [0, 0.1) is 0 Å². The van der Waals surface area contributed by atoms with Gasteiger partial charge in [0, 0.05) is 12.6 Å². The van der Waals surface area contributed by atoms with Crippen molar-refractivity contribution >= 4 is 0 Å². The summed E-state index contributed by atoms with van der Waals surface area (Å²) in [6, 6.07) is 0.648. The van der Waals surface area contributed by atoms with Crippen LogP contribution < -0.4 is 5.32 Å². The molecular formula is C14H30N2O4. The molecule has 1 saturated heterocycles. The van der Waals surface area contributed by atoms with Crippen molar-refractivity contribution < 1.29 is 19.3 Å². The Balaban J connectivity index is 1.74. The van der Waals surface area contributed by atoms with Gasteiger partial charge in [0.1, 0.15) is 0 Å². The number of rotatable bonds is 12. The van der Waals surface area contributed by atoms with Crippen molar-refractivity contribution in [3.63, 3.8) is 0 Å². The molecule has 0 spiro atoms. The molecule has 0 unspecified atom stereocenters. The van der Waals surface area contributed by atoms with E-state index in [1.165, 1.54) is 25.9 Å². The molecule has 1 heterocycles. The summed E-state index contributed by atoms with van der Waals surface area (Å²) in [6.07, 6.45) is 2.46. The van der Waals surface area contributed by atoms with E-state index in [4.69, 9.17) is 19.3 Å². The van der Waals surface area contributed by atoms with E-state index >= 15 is 0 Å². The first-order valence-electron chi connectivity index (χ1n) is 7.59. The highest BCUT2D eigenvalue weighted by Crippen LogP contribution is 2.07. The lowest BCUT2D eigenvalue weighted by Crippen LogP contribution is -2.41.